The van der Waals surface area contributed by atoms with Crippen molar-refractivity contribution in [1.29, 1.82) is 0 Å². The summed E-state index contributed by atoms with van der Waals surface area (Å²) in [6, 6.07) is 14.9. The maximum absolute atomic E-state index is 11.9. The van der Waals surface area contributed by atoms with Gasteiger partial charge in [-0.15, -0.1) is 0 Å². The van der Waals surface area contributed by atoms with Crippen molar-refractivity contribution in [2.24, 2.45) is 5.10 Å². The van der Waals surface area contributed by atoms with E-state index >= 15 is 0 Å². The Bertz CT molecular complexity index is 666. The number of amides is 1. The van der Waals surface area contributed by atoms with E-state index in [0.29, 0.717) is 12.4 Å². The fourth-order valence-corrected chi connectivity index (χ4v) is 2.04. The number of para-hydroxylation sites is 1. The van der Waals surface area contributed by atoms with E-state index in [1.807, 2.05) is 55.5 Å². The zero-order chi connectivity index (χ0) is 16.5. The molecule has 0 spiro atoms. The van der Waals surface area contributed by atoms with Crippen molar-refractivity contribution >= 4 is 12.1 Å². The summed E-state index contributed by atoms with van der Waals surface area (Å²) < 4.78 is 10.6. The van der Waals surface area contributed by atoms with Crippen molar-refractivity contribution in [2.75, 3.05) is 13.7 Å². The molecule has 0 saturated heterocycles. The molecule has 2 rings (SSSR count). The monoisotopic (exact) mass is 312 g/mol. The first-order valence-corrected chi connectivity index (χ1v) is 7.39. The minimum absolute atomic E-state index is 0.180. The summed E-state index contributed by atoms with van der Waals surface area (Å²) in [7, 11) is 1.59. The normalized spacial score (nSPS) is 10.5. The molecule has 1 amide bonds. The highest BCUT2D eigenvalue weighted by Crippen LogP contribution is 2.14. The molecule has 0 aliphatic carbocycles. The van der Waals surface area contributed by atoms with Gasteiger partial charge in [-0.2, -0.15) is 5.10 Å². The first kappa shape index (κ1) is 16.5. The molecule has 0 fully saturated rings. The third-order valence-electron chi connectivity index (χ3n) is 3.13. The molecule has 23 heavy (non-hydrogen) atoms. The van der Waals surface area contributed by atoms with Crippen LogP contribution < -0.4 is 14.9 Å². The highest BCUT2D eigenvalue weighted by atomic mass is 16.5. The fourth-order valence-electron chi connectivity index (χ4n) is 2.04. The van der Waals surface area contributed by atoms with Gasteiger partial charge in [0, 0.05) is 5.56 Å². The largest absolute Gasteiger partial charge is 0.496 e. The molecule has 5 heteroatoms. The van der Waals surface area contributed by atoms with Crippen LogP contribution in [0, 0.1) is 0 Å². The standard InChI is InChI=1S/C18H20N2O3/c1-3-23-16-10-8-14(9-11-16)12-18(21)20-19-13-15-6-4-5-7-17(15)22-2/h4-11,13H,3,12H2,1-2H3,(H,20,21)/b19-13+. The van der Waals surface area contributed by atoms with Crippen LogP contribution in [0.1, 0.15) is 18.1 Å². The molecule has 0 unspecified atom stereocenters. The summed E-state index contributed by atoms with van der Waals surface area (Å²) in [5.74, 6) is 1.32. The number of rotatable bonds is 7. The predicted octanol–water partition coefficient (Wildman–Crippen LogP) is 2.79. The number of ether oxygens (including phenoxy) is 2. The van der Waals surface area contributed by atoms with Gasteiger partial charge in [0.15, 0.2) is 0 Å². The van der Waals surface area contributed by atoms with Crippen molar-refractivity contribution in [3.63, 3.8) is 0 Å². The van der Waals surface area contributed by atoms with Crippen LogP contribution in [-0.2, 0) is 11.2 Å². The van der Waals surface area contributed by atoms with E-state index in [9.17, 15) is 4.79 Å². The minimum Gasteiger partial charge on any atom is -0.496 e. The Kier molecular flexibility index (Phi) is 6.17. The van der Waals surface area contributed by atoms with Crippen molar-refractivity contribution < 1.29 is 14.3 Å². The van der Waals surface area contributed by atoms with Crippen LogP contribution in [0.2, 0.25) is 0 Å². The molecule has 0 aliphatic rings. The second-order valence-electron chi connectivity index (χ2n) is 4.79. The van der Waals surface area contributed by atoms with Gasteiger partial charge >= 0.3 is 0 Å². The lowest BCUT2D eigenvalue weighted by molar-refractivity contribution is -0.120. The maximum Gasteiger partial charge on any atom is 0.244 e. The molecule has 1 N–H and O–H groups in total. The molecule has 0 bridgehead atoms. The number of carbonyl (C=O) groups is 1. The lowest BCUT2D eigenvalue weighted by Gasteiger charge is -2.05. The third kappa shape index (κ3) is 5.14. The average Bonchev–Trinajstić information content (AvgIpc) is 2.57. The summed E-state index contributed by atoms with van der Waals surface area (Å²) in [5, 5.41) is 3.96. The number of hydrazone groups is 1. The smallest absolute Gasteiger partial charge is 0.244 e. The topological polar surface area (TPSA) is 59.9 Å². The molecule has 0 aromatic heterocycles. The Morgan fingerprint density at radius 2 is 1.91 bits per heavy atom. The summed E-state index contributed by atoms with van der Waals surface area (Å²) in [6.07, 6.45) is 1.82. The van der Waals surface area contributed by atoms with Gasteiger partial charge in [0.1, 0.15) is 11.5 Å². The van der Waals surface area contributed by atoms with E-state index in [1.165, 1.54) is 0 Å². The van der Waals surface area contributed by atoms with Crippen LogP contribution in [0.3, 0.4) is 0 Å². The highest BCUT2D eigenvalue weighted by molar-refractivity contribution is 5.85. The SMILES string of the molecule is CCOc1ccc(CC(=O)N/N=C/c2ccccc2OC)cc1. The van der Waals surface area contributed by atoms with Gasteiger partial charge < -0.3 is 9.47 Å². The van der Waals surface area contributed by atoms with Gasteiger partial charge in [-0.25, -0.2) is 5.43 Å². The van der Waals surface area contributed by atoms with E-state index in [0.717, 1.165) is 16.9 Å². The Balaban J connectivity index is 1.88. The summed E-state index contributed by atoms with van der Waals surface area (Å²) in [6.45, 7) is 2.55. The van der Waals surface area contributed by atoms with Gasteiger partial charge in [0.05, 0.1) is 26.4 Å². The van der Waals surface area contributed by atoms with Crippen molar-refractivity contribution in [3.8, 4) is 11.5 Å². The summed E-state index contributed by atoms with van der Waals surface area (Å²) >= 11 is 0. The quantitative estimate of drug-likeness (QED) is 0.632. The first-order chi connectivity index (χ1) is 11.2. The van der Waals surface area contributed by atoms with Gasteiger partial charge in [-0.05, 0) is 36.8 Å². The number of nitrogens with one attached hydrogen (secondary N) is 1. The lowest BCUT2D eigenvalue weighted by Crippen LogP contribution is -2.19. The molecule has 0 saturated carbocycles. The van der Waals surface area contributed by atoms with Gasteiger partial charge in [-0.3, -0.25) is 4.79 Å². The number of carbonyl (C=O) groups excluding carboxylic acids is 1. The van der Waals surface area contributed by atoms with E-state index < -0.39 is 0 Å². The lowest BCUT2D eigenvalue weighted by atomic mass is 10.1. The van der Waals surface area contributed by atoms with E-state index in [2.05, 4.69) is 10.5 Å². The second kappa shape index (κ2) is 8.58. The Morgan fingerprint density at radius 3 is 2.61 bits per heavy atom. The van der Waals surface area contributed by atoms with E-state index in [-0.39, 0.29) is 12.3 Å². The first-order valence-electron chi connectivity index (χ1n) is 7.39. The van der Waals surface area contributed by atoms with Gasteiger partial charge in [-0.1, -0.05) is 24.3 Å². The number of hydrogen-bond acceptors (Lipinski definition) is 4. The Labute approximate surface area is 135 Å². The molecular weight excluding hydrogens is 292 g/mol. The minimum atomic E-state index is -0.180. The fraction of sp³-hybridized carbons (Fsp3) is 0.222. The van der Waals surface area contributed by atoms with Crippen LogP contribution in [0.15, 0.2) is 53.6 Å². The predicted molar refractivity (Wildman–Crippen MR) is 90.0 cm³/mol. The molecule has 0 atom stereocenters. The molecule has 120 valence electrons. The van der Waals surface area contributed by atoms with Crippen molar-refractivity contribution in [3.05, 3.63) is 59.7 Å². The number of nitrogens with zero attached hydrogens (tertiary/aromatic N) is 1. The third-order valence-corrected chi connectivity index (χ3v) is 3.13. The molecule has 0 heterocycles. The molecule has 0 radical (unpaired) electrons. The van der Waals surface area contributed by atoms with Crippen molar-refractivity contribution in [2.45, 2.75) is 13.3 Å². The molecule has 0 aliphatic heterocycles. The van der Waals surface area contributed by atoms with Crippen LogP contribution in [0.4, 0.5) is 0 Å². The number of methoxy groups -OCH3 is 1. The molecule has 5 nitrogen and oxygen atoms in total. The van der Waals surface area contributed by atoms with Gasteiger partial charge in [0.25, 0.3) is 0 Å². The average molecular weight is 312 g/mol. The van der Waals surface area contributed by atoms with Crippen LogP contribution in [-0.4, -0.2) is 25.8 Å². The molecular formula is C18H20N2O3. The van der Waals surface area contributed by atoms with E-state index in [1.54, 1.807) is 13.3 Å². The Morgan fingerprint density at radius 1 is 1.17 bits per heavy atom. The Hall–Kier alpha value is -2.82. The highest BCUT2D eigenvalue weighted by Gasteiger charge is 2.03. The maximum atomic E-state index is 11.9. The van der Waals surface area contributed by atoms with Crippen LogP contribution in [0.5, 0.6) is 11.5 Å². The van der Waals surface area contributed by atoms with Crippen LogP contribution >= 0.6 is 0 Å². The summed E-state index contributed by atoms with van der Waals surface area (Å²) in [5.41, 5.74) is 4.22. The zero-order valence-corrected chi connectivity index (χ0v) is 13.3. The summed E-state index contributed by atoms with van der Waals surface area (Å²) in [4.78, 5) is 11.9. The molecule has 2 aromatic carbocycles. The van der Waals surface area contributed by atoms with Crippen molar-refractivity contribution in [1.82, 2.24) is 5.43 Å². The molecule has 2 aromatic rings. The van der Waals surface area contributed by atoms with E-state index in [4.69, 9.17) is 9.47 Å². The second-order valence-corrected chi connectivity index (χ2v) is 4.79. The number of benzene rings is 2. The number of hydrogen-bond donors (Lipinski definition) is 1. The van der Waals surface area contributed by atoms with Gasteiger partial charge in [0.2, 0.25) is 5.91 Å². The zero-order valence-electron chi connectivity index (χ0n) is 13.3. The van der Waals surface area contributed by atoms with Crippen LogP contribution in [0.25, 0.3) is 0 Å².